The average Bonchev–Trinajstić information content (AvgIpc) is 2.33. The molecule has 0 saturated carbocycles. The summed E-state index contributed by atoms with van der Waals surface area (Å²) in [5.74, 6) is 0. The van der Waals surface area contributed by atoms with Crippen LogP contribution >= 0.6 is 11.5 Å². The van der Waals surface area contributed by atoms with Gasteiger partial charge in [0.25, 0.3) is 5.16 Å². The number of anilines is 1. The minimum Gasteiger partial charge on any atom is -0.374 e. The SMILES string of the molecule is CC(C)(C)S(=O)(=O)c1nsc(N)n1. The quantitative estimate of drug-likeness (QED) is 0.754. The van der Waals surface area contributed by atoms with E-state index in [1.807, 2.05) is 0 Å². The van der Waals surface area contributed by atoms with Crippen molar-refractivity contribution in [2.24, 2.45) is 0 Å². The van der Waals surface area contributed by atoms with Crippen LogP contribution in [0.25, 0.3) is 0 Å². The van der Waals surface area contributed by atoms with Crippen LogP contribution in [0.5, 0.6) is 0 Å². The van der Waals surface area contributed by atoms with Gasteiger partial charge in [0, 0.05) is 11.5 Å². The van der Waals surface area contributed by atoms with Gasteiger partial charge < -0.3 is 5.73 Å². The molecule has 0 unspecified atom stereocenters. The molecule has 13 heavy (non-hydrogen) atoms. The predicted octanol–water partition coefficient (Wildman–Crippen LogP) is 0.693. The molecule has 0 bridgehead atoms. The predicted molar refractivity (Wildman–Crippen MR) is 51.3 cm³/mol. The van der Waals surface area contributed by atoms with Gasteiger partial charge in [-0.25, -0.2) is 8.42 Å². The molecule has 0 aliphatic heterocycles. The van der Waals surface area contributed by atoms with E-state index < -0.39 is 14.6 Å². The highest BCUT2D eigenvalue weighted by Crippen LogP contribution is 2.23. The van der Waals surface area contributed by atoms with E-state index >= 15 is 0 Å². The highest BCUT2D eigenvalue weighted by atomic mass is 32.2. The van der Waals surface area contributed by atoms with Crippen LogP contribution in [-0.2, 0) is 9.84 Å². The van der Waals surface area contributed by atoms with Gasteiger partial charge in [-0.05, 0) is 20.8 Å². The van der Waals surface area contributed by atoms with Crippen molar-refractivity contribution in [1.82, 2.24) is 9.36 Å². The molecular weight excluding hydrogens is 210 g/mol. The molecule has 1 aromatic rings. The molecule has 1 rings (SSSR count). The minimum atomic E-state index is -3.45. The van der Waals surface area contributed by atoms with Crippen molar-refractivity contribution in [3.05, 3.63) is 0 Å². The van der Waals surface area contributed by atoms with Crippen molar-refractivity contribution < 1.29 is 8.42 Å². The zero-order valence-corrected chi connectivity index (χ0v) is 9.24. The van der Waals surface area contributed by atoms with E-state index in [-0.39, 0.29) is 10.3 Å². The maximum atomic E-state index is 11.7. The molecule has 0 spiro atoms. The Morgan fingerprint density at radius 1 is 1.38 bits per heavy atom. The fraction of sp³-hybridized carbons (Fsp3) is 0.667. The Hall–Kier alpha value is -0.690. The first-order chi connectivity index (χ1) is 5.75. The first kappa shape index (κ1) is 10.4. The number of hydrogen-bond acceptors (Lipinski definition) is 6. The molecule has 0 aliphatic rings. The first-order valence-electron chi connectivity index (χ1n) is 3.59. The lowest BCUT2D eigenvalue weighted by Gasteiger charge is -2.15. The molecule has 2 N–H and O–H groups in total. The first-order valence-corrected chi connectivity index (χ1v) is 5.84. The standard InChI is InChI=1S/C6H11N3O2S2/c1-6(2,3)13(10,11)5-8-4(7)12-9-5/h1-3H3,(H2,7,8,9). The molecule has 7 heteroatoms. The Balaban J connectivity index is 3.24. The maximum Gasteiger partial charge on any atom is 0.261 e. The van der Waals surface area contributed by atoms with Crippen LogP contribution < -0.4 is 5.73 Å². The third-order valence-electron chi connectivity index (χ3n) is 1.47. The smallest absolute Gasteiger partial charge is 0.261 e. The Kier molecular flexibility index (Phi) is 2.33. The number of rotatable bonds is 1. The summed E-state index contributed by atoms with van der Waals surface area (Å²) in [4.78, 5) is 3.65. The zero-order valence-electron chi connectivity index (χ0n) is 7.60. The van der Waals surface area contributed by atoms with E-state index in [0.29, 0.717) is 0 Å². The molecule has 0 amide bonds. The lowest BCUT2D eigenvalue weighted by Crippen LogP contribution is -2.28. The van der Waals surface area contributed by atoms with Crippen molar-refractivity contribution in [1.29, 1.82) is 0 Å². The highest BCUT2D eigenvalue weighted by molar-refractivity contribution is 7.92. The molecular formula is C6H11N3O2S2. The summed E-state index contributed by atoms with van der Waals surface area (Å²) in [6.07, 6.45) is 0. The average molecular weight is 221 g/mol. The second-order valence-electron chi connectivity index (χ2n) is 3.53. The number of nitrogens with two attached hydrogens (primary N) is 1. The summed E-state index contributed by atoms with van der Waals surface area (Å²) >= 11 is 0.885. The minimum absolute atomic E-state index is 0.169. The van der Waals surface area contributed by atoms with E-state index in [0.717, 1.165) is 11.5 Å². The topological polar surface area (TPSA) is 85.9 Å². The molecule has 1 heterocycles. The molecule has 0 radical (unpaired) electrons. The van der Waals surface area contributed by atoms with Crippen molar-refractivity contribution in [3.8, 4) is 0 Å². The van der Waals surface area contributed by atoms with E-state index in [1.165, 1.54) is 0 Å². The summed E-state index contributed by atoms with van der Waals surface area (Å²) in [6, 6.07) is 0. The van der Waals surface area contributed by atoms with E-state index in [1.54, 1.807) is 20.8 Å². The number of sulfone groups is 1. The Labute approximate surface area is 81.1 Å². The van der Waals surface area contributed by atoms with E-state index in [9.17, 15) is 8.42 Å². The van der Waals surface area contributed by atoms with Crippen LogP contribution in [0.1, 0.15) is 20.8 Å². The summed E-state index contributed by atoms with van der Waals surface area (Å²) < 4.78 is 26.2. The molecule has 0 aliphatic carbocycles. The largest absolute Gasteiger partial charge is 0.374 e. The van der Waals surface area contributed by atoms with Crippen LogP contribution in [0.4, 0.5) is 5.13 Å². The summed E-state index contributed by atoms with van der Waals surface area (Å²) in [5.41, 5.74) is 5.30. The van der Waals surface area contributed by atoms with Gasteiger partial charge in [0.1, 0.15) is 0 Å². The molecule has 74 valence electrons. The third-order valence-corrected chi connectivity index (χ3v) is 4.40. The second kappa shape index (κ2) is 2.91. The van der Waals surface area contributed by atoms with E-state index in [4.69, 9.17) is 5.73 Å². The number of aromatic nitrogens is 2. The maximum absolute atomic E-state index is 11.7. The number of nitrogen functional groups attached to an aromatic ring is 1. The normalized spacial score (nSPS) is 13.2. The zero-order chi connectivity index (χ0) is 10.3. The van der Waals surface area contributed by atoms with E-state index in [2.05, 4.69) is 9.36 Å². The third kappa shape index (κ3) is 1.80. The molecule has 0 fully saturated rings. The molecule has 0 aromatic carbocycles. The van der Waals surface area contributed by atoms with Crippen molar-refractivity contribution in [2.75, 3.05) is 5.73 Å². The van der Waals surface area contributed by atoms with Crippen LogP contribution in [0, 0.1) is 0 Å². The lowest BCUT2D eigenvalue weighted by molar-refractivity contribution is 0.553. The van der Waals surface area contributed by atoms with Gasteiger partial charge in [0.05, 0.1) is 4.75 Å². The van der Waals surface area contributed by atoms with Crippen molar-refractivity contribution in [2.45, 2.75) is 30.7 Å². The lowest BCUT2D eigenvalue weighted by atomic mass is 10.3. The van der Waals surface area contributed by atoms with Gasteiger partial charge in [0.15, 0.2) is 0 Å². The van der Waals surface area contributed by atoms with Gasteiger partial charge in [-0.1, -0.05) is 0 Å². The summed E-state index contributed by atoms with van der Waals surface area (Å²) in [7, 11) is -3.45. The summed E-state index contributed by atoms with van der Waals surface area (Å²) in [6.45, 7) is 4.79. The van der Waals surface area contributed by atoms with Gasteiger partial charge in [0.2, 0.25) is 15.0 Å². The molecule has 1 aromatic heterocycles. The number of nitrogens with zero attached hydrogens (tertiary/aromatic N) is 2. The van der Waals surface area contributed by atoms with Gasteiger partial charge >= 0.3 is 0 Å². The molecule has 0 atom stereocenters. The van der Waals surface area contributed by atoms with Crippen LogP contribution in [0.2, 0.25) is 0 Å². The second-order valence-corrected chi connectivity index (χ2v) is 6.91. The number of hydrogen-bond donors (Lipinski definition) is 1. The fourth-order valence-corrected chi connectivity index (χ4v) is 2.27. The fourth-order valence-electron chi connectivity index (χ4n) is 0.604. The Morgan fingerprint density at radius 2 is 1.92 bits per heavy atom. The monoisotopic (exact) mass is 221 g/mol. The molecule has 0 saturated heterocycles. The van der Waals surface area contributed by atoms with Crippen molar-refractivity contribution >= 4 is 26.5 Å². The molecule has 5 nitrogen and oxygen atoms in total. The Morgan fingerprint density at radius 3 is 2.23 bits per heavy atom. The van der Waals surface area contributed by atoms with Gasteiger partial charge in [-0.15, -0.1) is 0 Å². The van der Waals surface area contributed by atoms with Gasteiger partial charge in [-0.3, -0.25) is 0 Å². The Bertz CT molecular complexity index is 402. The van der Waals surface area contributed by atoms with Crippen molar-refractivity contribution in [3.63, 3.8) is 0 Å². The van der Waals surface area contributed by atoms with Gasteiger partial charge in [-0.2, -0.15) is 9.36 Å². The van der Waals surface area contributed by atoms with Crippen LogP contribution in [-0.4, -0.2) is 22.5 Å². The van der Waals surface area contributed by atoms with Crippen LogP contribution in [0.3, 0.4) is 0 Å². The van der Waals surface area contributed by atoms with Crippen LogP contribution in [0.15, 0.2) is 5.16 Å². The highest BCUT2D eigenvalue weighted by Gasteiger charge is 2.34. The summed E-state index contributed by atoms with van der Waals surface area (Å²) in [5, 5.41) is -0.00896.